The third-order valence-corrected chi connectivity index (χ3v) is 2.25. The highest BCUT2D eigenvalue weighted by Crippen LogP contribution is 2.19. The number of hydrogen-bond acceptors (Lipinski definition) is 2. The maximum absolute atomic E-state index is 13.2. The van der Waals surface area contributed by atoms with E-state index in [9.17, 15) is 13.2 Å². The van der Waals surface area contributed by atoms with Crippen molar-refractivity contribution in [2.75, 3.05) is 11.9 Å². The molecule has 2 rings (SSSR count). The normalized spacial score (nSPS) is 10.5. The van der Waals surface area contributed by atoms with Gasteiger partial charge in [0.1, 0.15) is 0 Å². The summed E-state index contributed by atoms with van der Waals surface area (Å²) in [5.41, 5.74) is -0.0592. The Morgan fingerprint density at radius 2 is 2.00 bits per heavy atom. The van der Waals surface area contributed by atoms with Crippen molar-refractivity contribution in [3.63, 3.8) is 0 Å². The van der Waals surface area contributed by atoms with Gasteiger partial charge in [0.15, 0.2) is 17.5 Å². The van der Waals surface area contributed by atoms with Crippen LogP contribution in [0.1, 0.15) is 0 Å². The lowest BCUT2D eigenvalue weighted by Gasteiger charge is -2.08. The Morgan fingerprint density at radius 1 is 1.18 bits per heavy atom. The molecule has 0 bridgehead atoms. The number of halogens is 3. The summed E-state index contributed by atoms with van der Waals surface area (Å²) in [6.07, 6.45) is 3.38. The molecule has 2 aromatic rings. The minimum absolute atomic E-state index is 0.0592. The van der Waals surface area contributed by atoms with Crippen molar-refractivity contribution in [3.8, 4) is 0 Å². The number of hydrogen-bond donors (Lipinski definition) is 1. The quantitative estimate of drug-likeness (QED) is 0.833. The Labute approximate surface area is 95.9 Å². The van der Waals surface area contributed by atoms with Crippen LogP contribution in [0.5, 0.6) is 0 Å². The lowest BCUT2D eigenvalue weighted by Crippen LogP contribution is -2.12. The lowest BCUT2D eigenvalue weighted by molar-refractivity contribution is 0.448. The van der Waals surface area contributed by atoms with Crippen LogP contribution in [0, 0.1) is 17.5 Å². The van der Waals surface area contributed by atoms with Gasteiger partial charge in [-0.1, -0.05) is 0 Å². The third-order valence-electron chi connectivity index (χ3n) is 2.25. The van der Waals surface area contributed by atoms with E-state index in [0.29, 0.717) is 13.1 Å². The van der Waals surface area contributed by atoms with Crippen molar-refractivity contribution in [3.05, 3.63) is 48.0 Å². The smallest absolute Gasteiger partial charge is 0.196 e. The largest absolute Gasteiger partial charge is 0.381 e. The fraction of sp³-hybridized carbons (Fsp3) is 0.182. The van der Waals surface area contributed by atoms with Crippen molar-refractivity contribution in [2.45, 2.75) is 6.54 Å². The molecule has 0 atom stereocenters. The zero-order chi connectivity index (χ0) is 12.3. The Morgan fingerprint density at radius 3 is 2.71 bits per heavy atom. The van der Waals surface area contributed by atoms with Gasteiger partial charge in [0, 0.05) is 18.9 Å². The SMILES string of the molecule is Fc1ccc(NCCn2cccn2)c(F)c1F. The van der Waals surface area contributed by atoms with Gasteiger partial charge < -0.3 is 5.32 Å². The molecule has 1 aromatic carbocycles. The third kappa shape index (κ3) is 2.58. The fourth-order valence-electron chi connectivity index (χ4n) is 1.40. The summed E-state index contributed by atoms with van der Waals surface area (Å²) in [6, 6.07) is 3.81. The first-order chi connectivity index (χ1) is 8.18. The molecule has 6 heteroatoms. The summed E-state index contributed by atoms with van der Waals surface area (Å²) in [5, 5.41) is 6.63. The Balaban J connectivity index is 1.97. The van der Waals surface area contributed by atoms with Crippen LogP contribution in [-0.2, 0) is 6.54 Å². The van der Waals surface area contributed by atoms with E-state index < -0.39 is 17.5 Å². The maximum atomic E-state index is 13.2. The van der Waals surface area contributed by atoms with Crippen LogP contribution >= 0.6 is 0 Å². The summed E-state index contributed by atoms with van der Waals surface area (Å²) in [6.45, 7) is 0.870. The predicted octanol–water partition coefficient (Wildman–Crippen LogP) is 2.41. The monoisotopic (exact) mass is 241 g/mol. The molecule has 0 aliphatic rings. The van der Waals surface area contributed by atoms with E-state index in [0.717, 1.165) is 12.1 Å². The summed E-state index contributed by atoms with van der Waals surface area (Å²) >= 11 is 0. The Kier molecular flexibility index (Phi) is 3.32. The highest BCUT2D eigenvalue weighted by Gasteiger charge is 2.12. The van der Waals surface area contributed by atoms with Crippen LogP contribution in [0.15, 0.2) is 30.6 Å². The van der Waals surface area contributed by atoms with Gasteiger partial charge in [0.05, 0.1) is 12.2 Å². The number of aromatic nitrogens is 2. The van der Waals surface area contributed by atoms with Gasteiger partial charge in [-0.05, 0) is 18.2 Å². The van der Waals surface area contributed by atoms with E-state index in [4.69, 9.17) is 0 Å². The molecule has 17 heavy (non-hydrogen) atoms. The fourth-order valence-corrected chi connectivity index (χ4v) is 1.40. The zero-order valence-corrected chi connectivity index (χ0v) is 8.83. The number of nitrogens with one attached hydrogen (secondary N) is 1. The van der Waals surface area contributed by atoms with Crippen LogP contribution < -0.4 is 5.32 Å². The van der Waals surface area contributed by atoms with Crippen LogP contribution in [0.4, 0.5) is 18.9 Å². The van der Waals surface area contributed by atoms with E-state index >= 15 is 0 Å². The van der Waals surface area contributed by atoms with Gasteiger partial charge in [-0.2, -0.15) is 5.10 Å². The summed E-state index contributed by atoms with van der Waals surface area (Å²) in [7, 11) is 0. The molecule has 0 unspecified atom stereocenters. The average Bonchev–Trinajstić information content (AvgIpc) is 2.82. The molecule has 1 heterocycles. The first kappa shape index (κ1) is 11.5. The second-order valence-corrected chi connectivity index (χ2v) is 3.42. The van der Waals surface area contributed by atoms with Gasteiger partial charge in [0.25, 0.3) is 0 Å². The molecule has 0 radical (unpaired) electrons. The van der Waals surface area contributed by atoms with E-state index in [-0.39, 0.29) is 5.69 Å². The summed E-state index contributed by atoms with van der Waals surface area (Å²) in [4.78, 5) is 0. The molecular weight excluding hydrogens is 231 g/mol. The molecule has 3 nitrogen and oxygen atoms in total. The van der Waals surface area contributed by atoms with E-state index in [1.54, 1.807) is 23.1 Å². The van der Waals surface area contributed by atoms with Crippen molar-refractivity contribution in [2.24, 2.45) is 0 Å². The molecule has 0 amide bonds. The van der Waals surface area contributed by atoms with Crippen LogP contribution in [0.2, 0.25) is 0 Å². The van der Waals surface area contributed by atoms with Crippen LogP contribution in [0.3, 0.4) is 0 Å². The number of benzene rings is 1. The summed E-state index contributed by atoms with van der Waals surface area (Å²) in [5.74, 6) is -3.86. The molecule has 90 valence electrons. The van der Waals surface area contributed by atoms with Crippen molar-refractivity contribution >= 4 is 5.69 Å². The van der Waals surface area contributed by atoms with Gasteiger partial charge in [-0.15, -0.1) is 0 Å². The molecule has 1 aromatic heterocycles. The molecule has 0 aliphatic heterocycles. The molecule has 0 saturated heterocycles. The van der Waals surface area contributed by atoms with Gasteiger partial charge in [0.2, 0.25) is 0 Å². The summed E-state index contributed by atoms with van der Waals surface area (Å²) < 4.78 is 40.4. The first-order valence-corrected chi connectivity index (χ1v) is 5.03. The second-order valence-electron chi connectivity index (χ2n) is 3.42. The molecule has 0 fully saturated rings. The highest BCUT2D eigenvalue weighted by atomic mass is 19.2. The molecule has 0 aliphatic carbocycles. The lowest BCUT2D eigenvalue weighted by atomic mass is 10.3. The Bertz CT molecular complexity index is 497. The van der Waals surface area contributed by atoms with Crippen molar-refractivity contribution in [1.29, 1.82) is 0 Å². The van der Waals surface area contributed by atoms with Crippen molar-refractivity contribution < 1.29 is 13.2 Å². The van der Waals surface area contributed by atoms with E-state index in [2.05, 4.69) is 10.4 Å². The van der Waals surface area contributed by atoms with Crippen LogP contribution in [0.25, 0.3) is 0 Å². The number of anilines is 1. The van der Waals surface area contributed by atoms with Gasteiger partial charge >= 0.3 is 0 Å². The predicted molar refractivity (Wildman–Crippen MR) is 57.0 cm³/mol. The van der Waals surface area contributed by atoms with Crippen molar-refractivity contribution in [1.82, 2.24) is 9.78 Å². The van der Waals surface area contributed by atoms with Crippen LogP contribution in [-0.4, -0.2) is 16.3 Å². The minimum Gasteiger partial charge on any atom is -0.381 e. The highest BCUT2D eigenvalue weighted by molar-refractivity contribution is 5.45. The van der Waals surface area contributed by atoms with E-state index in [1.807, 2.05) is 0 Å². The van der Waals surface area contributed by atoms with Gasteiger partial charge in [-0.3, -0.25) is 4.68 Å². The topological polar surface area (TPSA) is 29.9 Å². The molecule has 1 N–H and O–H groups in total. The standard InChI is InChI=1S/C11H10F3N3/c12-8-2-3-9(11(14)10(8)13)15-5-7-17-6-1-4-16-17/h1-4,6,15H,5,7H2. The average molecular weight is 241 g/mol. The number of nitrogens with zero attached hydrogens (tertiary/aromatic N) is 2. The number of rotatable bonds is 4. The molecule has 0 saturated carbocycles. The van der Waals surface area contributed by atoms with Gasteiger partial charge in [-0.25, -0.2) is 13.2 Å². The Hall–Kier alpha value is -1.98. The first-order valence-electron chi connectivity index (χ1n) is 5.03. The zero-order valence-electron chi connectivity index (χ0n) is 8.83. The molecular formula is C11H10F3N3. The second kappa shape index (κ2) is 4.90. The maximum Gasteiger partial charge on any atom is 0.196 e. The van der Waals surface area contributed by atoms with E-state index in [1.165, 1.54) is 0 Å². The minimum atomic E-state index is -1.46. The molecule has 0 spiro atoms.